The van der Waals surface area contributed by atoms with Gasteiger partial charge in [0.25, 0.3) is 0 Å². The Bertz CT molecular complexity index is 357. The highest BCUT2D eigenvalue weighted by Crippen LogP contribution is 2.30. The molecular weight excluding hydrogens is 352 g/mol. The lowest BCUT2D eigenvalue weighted by atomic mass is 10.3. The summed E-state index contributed by atoms with van der Waals surface area (Å²) >= 11 is 2.07. The van der Waals surface area contributed by atoms with Crippen molar-refractivity contribution in [2.75, 3.05) is 23.3 Å². The van der Waals surface area contributed by atoms with Crippen molar-refractivity contribution in [3.05, 3.63) is 21.8 Å². The average Bonchev–Trinajstić information content (AvgIpc) is 2.13. The second-order valence-corrected chi connectivity index (χ2v) is 5.36. The molecule has 0 aromatic heterocycles. The van der Waals surface area contributed by atoms with Gasteiger partial charge in [-0.3, -0.25) is 0 Å². The Labute approximate surface area is 109 Å². The molecule has 0 atom stereocenters. The lowest BCUT2D eigenvalue weighted by Gasteiger charge is -2.10. The second kappa shape index (κ2) is 5.85. The molecule has 0 aliphatic rings. The van der Waals surface area contributed by atoms with E-state index in [1.807, 2.05) is 6.07 Å². The molecule has 90 valence electrons. The van der Waals surface area contributed by atoms with Gasteiger partial charge in [-0.1, -0.05) is 0 Å². The molecule has 0 spiro atoms. The Hall–Kier alpha value is -0.310. The topological polar surface area (TPSA) is 38.0 Å². The fourth-order valence-corrected chi connectivity index (χ4v) is 2.00. The van der Waals surface area contributed by atoms with Crippen LogP contribution in [-0.4, -0.2) is 17.8 Å². The Morgan fingerprint density at radius 3 is 2.62 bits per heavy atom. The third kappa shape index (κ3) is 5.15. The van der Waals surface area contributed by atoms with E-state index < -0.39 is 5.51 Å². The molecule has 2 nitrogen and oxygen atoms in total. The maximum absolute atomic E-state index is 11.8. The summed E-state index contributed by atoms with van der Waals surface area (Å²) < 4.78 is 36.5. The first kappa shape index (κ1) is 13.8. The summed E-state index contributed by atoms with van der Waals surface area (Å²) in [6, 6.07) is 5.37. The van der Waals surface area contributed by atoms with Gasteiger partial charge < -0.3 is 11.1 Å². The summed E-state index contributed by atoms with van der Waals surface area (Å²) in [6.07, 6.45) is 0. The zero-order valence-corrected chi connectivity index (χ0v) is 11.1. The summed E-state index contributed by atoms with van der Waals surface area (Å²) in [5.41, 5.74) is 2.74. The molecule has 1 aromatic carbocycles. The van der Waals surface area contributed by atoms with Crippen LogP contribution < -0.4 is 11.1 Å². The van der Waals surface area contributed by atoms with Crippen LogP contribution in [0, 0.1) is 3.57 Å². The Morgan fingerprint density at radius 1 is 1.38 bits per heavy atom. The molecule has 0 saturated carbocycles. The van der Waals surface area contributed by atoms with Crippen molar-refractivity contribution in [2.24, 2.45) is 0 Å². The van der Waals surface area contributed by atoms with Crippen molar-refractivity contribution in [3.8, 4) is 0 Å². The van der Waals surface area contributed by atoms with Crippen LogP contribution in [0.15, 0.2) is 18.2 Å². The normalized spacial score (nSPS) is 11.5. The van der Waals surface area contributed by atoms with Gasteiger partial charge in [0.1, 0.15) is 0 Å². The molecule has 0 unspecified atom stereocenters. The molecule has 3 N–H and O–H groups in total. The van der Waals surface area contributed by atoms with Crippen molar-refractivity contribution in [1.29, 1.82) is 0 Å². The lowest BCUT2D eigenvalue weighted by Crippen LogP contribution is -2.10. The van der Waals surface area contributed by atoms with Crippen LogP contribution in [0.2, 0.25) is 0 Å². The number of hydrogen-bond donors (Lipinski definition) is 2. The van der Waals surface area contributed by atoms with Gasteiger partial charge in [0.2, 0.25) is 0 Å². The van der Waals surface area contributed by atoms with Crippen LogP contribution >= 0.6 is 34.4 Å². The minimum Gasteiger partial charge on any atom is -0.397 e. The van der Waals surface area contributed by atoms with E-state index in [0.717, 1.165) is 3.57 Å². The monoisotopic (exact) mass is 362 g/mol. The van der Waals surface area contributed by atoms with Crippen molar-refractivity contribution < 1.29 is 13.2 Å². The lowest BCUT2D eigenvalue weighted by molar-refractivity contribution is -0.0327. The van der Waals surface area contributed by atoms with Crippen LogP contribution in [-0.2, 0) is 0 Å². The first-order valence-corrected chi connectivity index (χ1v) is 6.44. The summed E-state index contributed by atoms with van der Waals surface area (Å²) in [5.74, 6) is -0.0328. The van der Waals surface area contributed by atoms with Gasteiger partial charge in [0.05, 0.1) is 11.4 Å². The van der Waals surface area contributed by atoms with Gasteiger partial charge in [-0.15, -0.1) is 0 Å². The molecule has 0 aliphatic carbocycles. The highest BCUT2D eigenvalue weighted by molar-refractivity contribution is 14.1. The van der Waals surface area contributed by atoms with E-state index in [1.165, 1.54) is 0 Å². The number of benzene rings is 1. The van der Waals surface area contributed by atoms with Crippen molar-refractivity contribution in [1.82, 2.24) is 0 Å². The fourth-order valence-electron chi connectivity index (χ4n) is 1.05. The number of nitrogens with one attached hydrogen (secondary N) is 1. The zero-order chi connectivity index (χ0) is 12.2. The van der Waals surface area contributed by atoms with Crippen LogP contribution in [0.1, 0.15) is 0 Å². The molecule has 1 rings (SSSR count). The summed E-state index contributed by atoms with van der Waals surface area (Å²) in [5, 5.41) is 2.86. The number of nitrogen functional groups attached to an aromatic ring is 1. The van der Waals surface area contributed by atoms with Crippen LogP contribution in [0.4, 0.5) is 24.5 Å². The van der Waals surface area contributed by atoms with Crippen molar-refractivity contribution in [3.63, 3.8) is 0 Å². The molecule has 0 amide bonds. The highest BCUT2D eigenvalue weighted by Gasteiger charge is 2.27. The number of hydrogen-bond acceptors (Lipinski definition) is 3. The van der Waals surface area contributed by atoms with E-state index in [1.54, 1.807) is 12.1 Å². The maximum atomic E-state index is 11.8. The van der Waals surface area contributed by atoms with Gasteiger partial charge in [-0.25, -0.2) is 0 Å². The number of thioether (sulfide) groups is 1. The second-order valence-electron chi connectivity index (χ2n) is 2.95. The SMILES string of the molecule is Nc1cc(I)ccc1NCCSC(F)(F)F. The highest BCUT2D eigenvalue weighted by atomic mass is 127. The van der Waals surface area contributed by atoms with E-state index in [2.05, 4.69) is 27.9 Å². The smallest absolute Gasteiger partial charge is 0.397 e. The largest absolute Gasteiger partial charge is 0.441 e. The number of anilines is 2. The fraction of sp³-hybridized carbons (Fsp3) is 0.333. The molecule has 1 aromatic rings. The number of alkyl halides is 3. The Kier molecular flexibility index (Phi) is 5.03. The minimum atomic E-state index is -4.17. The number of nitrogens with two attached hydrogens (primary N) is 1. The summed E-state index contributed by atoms with van der Waals surface area (Å²) in [6.45, 7) is 0.231. The molecule has 0 heterocycles. The maximum Gasteiger partial charge on any atom is 0.441 e. The quantitative estimate of drug-likeness (QED) is 0.489. The van der Waals surface area contributed by atoms with E-state index in [9.17, 15) is 13.2 Å². The molecule has 16 heavy (non-hydrogen) atoms. The van der Waals surface area contributed by atoms with Crippen molar-refractivity contribution in [2.45, 2.75) is 5.51 Å². The predicted molar refractivity (Wildman–Crippen MR) is 70.6 cm³/mol. The first-order valence-electron chi connectivity index (χ1n) is 4.38. The Balaban J connectivity index is 2.38. The van der Waals surface area contributed by atoms with Crippen LogP contribution in [0.5, 0.6) is 0 Å². The van der Waals surface area contributed by atoms with Gasteiger partial charge in [0, 0.05) is 15.9 Å². The summed E-state index contributed by atoms with van der Waals surface area (Å²) in [4.78, 5) is 0. The molecular formula is C9H10F3IN2S. The molecule has 0 fully saturated rings. The van der Waals surface area contributed by atoms with E-state index in [-0.39, 0.29) is 24.1 Å². The molecule has 0 radical (unpaired) electrons. The van der Waals surface area contributed by atoms with Crippen molar-refractivity contribution >= 4 is 45.7 Å². The van der Waals surface area contributed by atoms with E-state index in [4.69, 9.17) is 5.73 Å². The Morgan fingerprint density at radius 2 is 2.06 bits per heavy atom. The summed E-state index contributed by atoms with van der Waals surface area (Å²) in [7, 11) is 0. The van der Waals surface area contributed by atoms with E-state index >= 15 is 0 Å². The number of halogens is 4. The average molecular weight is 362 g/mol. The first-order chi connectivity index (χ1) is 7.38. The van der Waals surface area contributed by atoms with Gasteiger partial charge >= 0.3 is 5.51 Å². The van der Waals surface area contributed by atoms with Gasteiger partial charge in [0.15, 0.2) is 0 Å². The predicted octanol–water partition coefficient (Wildman–Crippen LogP) is 3.54. The van der Waals surface area contributed by atoms with E-state index in [0.29, 0.717) is 11.4 Å². The zero-order valence-electron chi connectivity index (χ0n) is 8.14. The van der Waals surface area contributed by atoms with Crippen LogP contribution in [0.3, 0.4) is 0 Å². The molecule has 7 heteroatoms. The standard InChI is InChI=1S/C9H10F3IN2S/c10-9(11,12)16-4-3-15-8-2-1-6(13)5-7(8)14/h1-2,5,15H,3-4,14H2. The minimum absolute atomic E-state index is 0.0328. The van der Waals surface area contributed by atoms with Gasteiger partial charge in [-0.05, 0) is 52.6 Å². The van der Waals surface area contributed by atoms with Gasteiger partial charge in [-0.2, -0.15) is 13.2 Å². The third-order valence-corrected chi connectivity index (χ3v) is 3.10. The molecule has 0 saturated heterocycles. The molecule has 0 bridgehead atoms. The molecule has 0 aliphatic heterocycles. The third-order valence-electron chi connectivity index (χ3n) is 1.70. The van der Waals surface area contributed by atoms with Crippen LogP contribution in [0.25, 0.3) is 0 Å². The number of rotatable bonds is 4.